The number of ether oxygens (including phenoxy) is 1. The summed E-state index contributed by atoms with van der Waals surface area (Å²) in [4.78, 5) is 16.0. The summed E-state index contributed by atoms with van der Waals surface area (Å²) in [5.74, 6) is -0.537. The average Bonchev–Trinajstić information content (AvgIpc) is 3.13. The number of piperazine rings is 1. The topological polar surface area (TPSA) is 88.6 Å². The van der Waals surface area contributed by atoms with E-state index in [2.05, 4.69) is 15.0 Å². The van der Waals surface area contributed by atoms with Crippen LogP contribution in [0.15, 0.2) is 40.9 Å². The molecule has 128 valence electrons. The van der Waals surface area contributed by atoms with Crippen molar-refractivity contribution in [3.8, 4) is 0 Å². The van der Waals surface area contributed by atoms with E-state index >= 15 is 0 Å². The van der Waals surface area contributed by atoms with Crippen LogP contribution in [-0.2, 0) is 14.8 Å². The van der Waals surface area contributed by atoms with E-state index in [1.165, 1.54) is 22.9 Å². The molecule has 3 heterocycles. The summed E-state index contributed by atoms with van der Waals surface area (Å²) in [5, 5.41) is 4.69. The number of hydrogen-bond acceptors (Lipinski definition) is 7. The lowest BCUT2D eigenvalue weighted by Crippen LogP contribution is -2.48. The summed E-state index contributed by atoms with van der Waals surface area (Å²) in [7, 11) is -2.44. The maximum absolute atomic E-state index is 13.0. The summed E-state index contributed by atoms with van der Waals surface area (Å²) >= 11 is 1.06. The number of methoxy groups -OCH3 is 1. The Morgan fingerprint density at radius 2 is 2.33 bits per heavy atom. The monoisotopic (exact) mass is 367 g/mol. The molecule has 2 aromatic heterocycles. The van der Waals surface area contributed by atoms with Gasteiger partial charge in [-0.25, -0.2) is 13.2 Å². The number of carbonyl (C=O) groups is 1. The Bertz CT molecular complexity index is 820. The molecule has 1 unspecified atom stereocenters. The van der Waals surface area contributed by atoms with E-state index in [0.29, 0.717) is 19.6 Å². The van der Waals surface area contributed by atoms with Crippen LogP contribution < -0.4 is 5.32 Å². The van der Waals surface area contributed by atoms with Crippen LogP contribution in [0.25, 0.3) is 0 Å². The Morgan fingerprint density at radius 3 is 3.04 bits per heavy atom. The molecule has 7 nitrogen and oxygen atoms in total. The normalized spacial score (nSPS) is 19.1. The summed E-state index contributed by atoms with van der Waals surface area (Å²) < 4.78 is 32.2. The fraction of sp³-hybridized carbons (Fsp3) is 0.333. The third-order valence-electron chi connectivity index (χ3n) is 3.83. The quantitative estimate of drug-likeness (QED) is 0.819. The van der Waals surface area contributed by atoms with Crippen molar-refractivity contribution in [3.63, 3.8) is 0 Å². The van der Waals surface area contributed by atoms with Crippen molar-refractivity contribution in [1.82, 2.24) is 14.6 Å². The molecule has 1 aliphatic heterocycles. The van der Waals surface area contributed by atoms with Crippen molar-refractivity contribution in [3.05, 3.63) is 46.4 Å². The average molecular weight is 367 g/mol. The molecule has 1 N–H and O–H groups in total. The lowest BCUT2D eigenvalue weighted by molar-refractivity contribution is 0.0606. The van der Waals surface area contributed by atoms with Gasteiger partial charge in [0, 0.05) is 37.4 Å². The number of hydrogen-bond donors (Lipinski definition) is 1. The first-order valence-electron chi connectivity index (χ1n) is 7.33. The highest BCUT2D eigenvalue weighted by molar-refractivity contribution is 7.89. The van der Waals surface area contributed by atoms with Crippen LogP contribution in [0, 0.1) is 0 Å². The van der Waals surface area contributed by atoms with Crippen molar-refractivity contribution < 1.29 is 17.9 Å². The Labute approximate surface area is 144 Å². The van der Waals surface area contributed by atoms with Crippen LogP contribution in [0.3, 0.4) is 0 Å². The fourth-order valence-corrected chi connectivity index (χ4v) is 5.42. The zero-order valence-electron chi connectivity index (χ0n) is 13.0. The SMILES string of the molecule is COC(=O)c1cc(S(=O)(=O)N2CCNCC2c2cccnc2)cs1. The molecule has 1 saturated heterocycles. The number of thiophene rings is 1. The summed E-state index contributed by atoms with van der Waals surface area (Å²) in [6.45, 7) is 1.44. The minimum absolute atomic E-state index is 0.115. The molecule has 0 bridgehead atoms. The molecule has 0 saturated carbocycles. The molecule has 2 aromatic rings. The first-order chi connectivity index (χ1) is 11.5. The van der Waals surface area contributed by atoms with Gasteiger partial charge in [-0.05, 0) is 17.7 Å². The summed E-state index contributed by atoms with van der Waals surface area (Å²) in [5.41, 5.74) is 0.830. The standard InChI is InChI=1S/C15H17N3O4S2/c1-22-15(19)14-7-12(10-23-14)24(20,21)18-6-5-17-9-13(18)11-3-2-4-16-8-11/h2-4,7-8,10,13,17H,5-6,9H2,1H3. The third kappa shape index (κ3) is 3.20. The Balaban J connectivity index is 1.94. The molecule has 1 atom stereocenters. The van der Waals surface area contributed by atoms with Crippen LogP contribution >= 0.6 is 11.3 Å². The predicted molar refractivity (Wildman–Crippen MR) is 89.4 cm³/mol. The molecule has 9 heteroatoms. The van der Waals surface area contributed by atoms with Crippen LogP contribution in [0.1, 0.15) is 21.3 Å². The molecule has 0 spiro atoms. The van der Waals surface area contributed by atoms with Crippen molar-refractivity contribution in [1.29, 1.82) is 0 Å². The number of sulfonamides is 1. The third-order valence-corrected chi connectivity index (χ3v) is 6.78. The molecule has 1 fully saturated rings. The maximum Gasteiger partial charge on any atom is 0.348 e. The van der Waals surface area contributed by atoms with Gasteiger partial charge in [0.25, 0.3) is 0 Å². The van der Waals surface area contributed by atoms with Crippen molar-refractivity contribution in [2.75, 3.05) is 26.7 Å². The summed E-state index contributed by atoms with van der Waals surface area (Å²) in [6, 6.07) is 4.68. The number of aromatic nitrogens is 1. The minimum Gasteiger partial charge on any atom is -0.465 e. The highest BCUT2D eigenvalue weighted by atomic mass is 32.2. The van der Waals surface area contributed by atoms with Crippen LogP contribution in [0.4, 0.5) is 0 Å². The predicted octanol–water partition coefficient (Wildman–Crippen LogP) is 1.26. The van der Waals surface area contributed by atoms with Gasteiger partial charge in [-0.3, -0.25) is 4.98 Å². The number of nitrogens with zero attached hydrogens (tertiary/aromatic N) is 2. The lowest BCUT2D eigenvalue weighted by atomic mass is 10.1. The van der Waals surface area contributed by atoms with Crippen LogP contribution in [-0.4, -0.2) is 50.4 Å². The summed E-state index contributed by atoms with van der Waals surface area (Å²) in [6.07, 6.45) is 3.33. The van der Waals surface area contributed by atoms with E-state index in [9.17, 15) is 13.2 Å². The molecular formula is C15H17N3O4S2. The van der Waals surface area contributed by atoms with Gasteiger partial charge in [0.15, 0.2) is 0 Å². The van der Waals surface area contributed by atoms with Gasteiger partial charge in [0.1, 0.15) is 4.88 Å². The van der Waals surface area contributed by atoms with Crippen LogP contribution in [0.2, 0.25) is 0 Å². The number of pyridine rings is 1. The lowest BCUT2D eigenvalue weighted by Gasteiger charge is -2.35. The van der Waals surface area contributed by atoms with E-state index in [1.54, 1.807) is 18.5 Å². The molecule has 24 heavy (non-hydrogen) atoms. The first kappa shape index (κ1) is 17.0. The molecule has 3 rings (SSSR count). The largest absolute Gasteiger partial charge is 0.465 e. The Morgan fingerprint density at radius 1 is 1.50 bits per heavy atom. The van der Waals surface area contributed by atoms with Gasteiger partial charge in [0.2, 0.25) is 10.0 Å². The van der Waals surface area contributed by atoms with E-state index < -0.39 is 16.0 Å². The van der Waals surface area contributed by atoms with Crippen molar-refractivity contribution in [2.24, 2.45) is 0 Å². The highest BCUT2D eigenvalue weighted by Crippen LogP contribution is 2.30. The molecule has 1 aliphatic rings. The Kier molecular flexibility index (Phi) is 4.95. The fourth-order valence-electron chi connectivity index (χ4n) is 2.63. The maximum atomic E-state index is 13.0. The van der Waals surface area contributed by atoms with Gasteiger partial charge in [-0.15, -0.1) is 11.3 Å². The molecule has 0 aromatic carbocycles. The van der Waals surface area contributed by atoms with Gasteiger partial charge in [0.05, 0.1) is 18.0 Å². The van der Waals surface area contributed by atoms with Gasteiger partial charge >= 0.3 is 5.97 Å². The molecular weight excluding hydrogens is 350 g/mol. The second-order valence-corrected chi connectivity index (χ2v) is 8.06. The van der Waals surface area contributed by atoms with Gasteiger partial charge in [-0.2, -0.15) is 4.31 Å². The molecule has 0 radical (unpaired) electrons. The number of nitrogens with one attached hydrogen (secondary N) is 1. The second-order valence-electron chi connectivity index (χ2n) is 5.26. The first-order valence-corrected chi connectivity index (χ1v) is 9.65. The number of carbonyl (C=O) groups excluding carboxylic acids is 1. The van der Waals surface area contributed by atoms with Crippen molar-refractivity contribution in [2.45, 2.75) is 10.9 Å². The molecule has 0 amide bonds. The highest BCUT2D eigenvalue weighted by Gasteiger charge is 2.35. The zero-order chi connectivity index (χ0) is 17.2. The smallest absolute Gasteiger partial charge is 0.348 e. The van der Waals surface area contributed by atoms with Crippen LogP contribution in [0.5, 0.6) is 0 Å². The van der Waals surface area contributed by atoms with Crippen molar-refractivity contribution >= 4 is 27.3 Å². The van der Waals surface area contributed by atoms with E-state index in [0.717, 1.165) is 16.9 Å². The number of esters is 1. The van der Waals surface area contributed by atoms with E-state index in [1.807, 2.05) is 6.07 Å². The second kappa shape index (κ2) is 6.98. The Hall–Kier alpha value is -1.81. The molecule has 0 aliphatic carbocycles. The van der Waals surface area contributed by atoms with Gasteiger partial charge < -0.3 is 10.1 Å². The van der Waals surface area contributed by atoms with Gasteiger partial charge in [-0.1, -0.05) is 6.07 Å². The zero-order valence-corrected chi connectivity index (χ0v) is 14.6. The minimum atomic E-state index is -3.71. The number of rotatable bonds is 4. The van der Waals surface area contributed by atoms with E-state index in [4.69, 9.17) is 0 Å². The van der Waals surface area contributed by atoms with E-state index in [-0.39, 0.29) is 15.8 Å².